The number of aryl methyl sites for hydroxylation is 1. The minimum Gasteiger partial charge on any atom is -0.337 e. The van der Waals surface area contributed by atoms with Crippen molar-refractivity contribution in [3.8, 4) is 0 Å². The van der Waals surface area contributed by atoms with Crippen molar-refractivity contribution in [3.05, 3.63) is 18.2 Å². The molecule has 1 aromatic rings. The number of aromatic nitrogens is 2. The molecule has 0 unspecified atom stereocenters. The highest BCUT2D eigenvalue weighted by molar-refractivity contribution is 7.99. The molecule has 0 aromatic carbocycles. The number of thioether (sulfide) groups is 1. The van der Waals surface area contributed by atoms with E-state index in [0.717, 1.165) is 38.2 Å². The van der Waals surface area contributed by atoms with Crippen molar-refractivity contribution in [3.63, 3.8) is 0 Å². The van der Waals surface area contributed by atoms with Gasteiger partial charge in [-0.1, -0.05) is 0 Å². The highest BCUT2D eigenvalue weighted by Gasteiger charge is 2.53. The summed E-state index contributed by atoms with van der Waals surface area (Å²) in [5, 5.41) is 0. The van der Waals surface area contributed by atoms with E-state index in [-0.39, 0.29) is 29.8 Å². The van der Waals surface area contributed by atoms with E-state index in [2.05, 4.69) is 21.6 Å². The van der Waals surface area contributed by atoms with E-state index < -0.39 is 0 Å². The Morgan fingerprint density at radius 3 is 2.74 bits per heavy atom. The third kappa shape index (κ3) is 4.01. The van der Waals surface area contributed by atoms with Gasteiger partial charge in [0.05, 0.1) is 6.54 Å². The van der Waals surface area contributed by atoms with Gasteiger partial charge in [0.2, 0.25) is 11.8 Å². The molecule has 170 valence electrons. The van der Waals surface area contributed by atoms with Crippen LogP contribution in [-0.4, -0.2) is 85.8 Å². The standard InChI is InChI=1S/C23H35N5O2S/c1-25-9-8-24-20(25)15-26(2)23(30)22-17-12-16(19-4-3-5-21(29)28(19)22)13-27(14-17)18-6-10-31-11-7-18/h8-9,16-19,22H,3-7,10-15H2,1-2H3/t16-,17+,19+,22-/m1/s1. The summed E-state index contributed by atoms with van der Waals surface area (Å²) in [5.41, 5.74) is 0. The third-order valence-electron chi connectivity index (χ3n) is 8.01. The van der Waals surface area contributed by atoms with Gasteiger partial charge < -0.3 is 14.4 Å². The van der Waals surface area contributed by atoms with Crippen LogP contribution in [0.3, 0.4) is 0 Å². The second-order valence-electron chi connectivity index (χ2n) is 9.91. The summed E-state index contributed by atoms with van der Waals surface area (Å²) < 4.78 is 1.96. The predicted molar refractivity (Wildman–Crippen MR) is 121 cm³/mol. The summed E-state index contributed by atoms with van der Waals surface area (Å²) >= 11 is 2.07. The van der Waals surface area contributed by atoms with Gasteiger partial charge in [-0.05, 0) is 49.5 Å². The Hall–Kier alpha value is -1.54. The van der Waals surface area contributed by atoms with E-state index in [1.807, 2.05) is 29.8 Å². The molecule has 1 aromatic heterocycles. The fourth-order valence-corrected chi connectivity index (χ4v) is 7.50. The SMILES string of the molecule is CN(Cc1nccn1C)C(=O)[C@H]1[C@H]2C[C@H](CN(C3CCSCC3)C2)[C@@H]2CCCC(=O)N21. The summed E-state index contributed by atoms with van der Waals surface area (Å²) in [6.07, 6.45) is 9.88. The van der Waals surface area contributed by atoms with Gasteiger partial charge in [0.1, 0.15) is 11.9 Å². The van der Waals surface area contributed by atoms with E-state index >= 15 is 0 Å². The smallest absolute Gasteiger partial charge is 0.245 e. The van der Waals surface area contributed by atoms with Crippen LogP contribution in [0.1, 0.15) is 44.3 Å². The van der Waals surface area contributed by atoms with Gasteiger partial charge in [0, 0.05) is 64.0 Å². The predicted octanol–water partition coefficient (Wildman–Crippen LogP) is 1.98. The molecule has 4 aliphatic heterocycles. The average Bonchev–Trinajstić information content (AvgIpc) is 3.19. The van der Waals surface area contributed by atoms with Crippen LogP contribution in [0.2, 0.25) is 0 Å². The van der Waals surface area contributed by atoms with E-state index in [0.29, 0.717) is 24.9 Å². The first kappa shape index (κ1) is 21.3. The fraction of sp³-hybridized carbons (Fsp3) is 0.783. The number of likely N-dealkylation sites (tertiary alicyclic amines) is 1. The van der Waals surface area contributed by atoms with Crippen LogP contribution in [0.25, 0.3) is 0 Å². The second kappa shape index (κ2) is 8.77. The fourth-order valence-electron chi connectivity index (χ4n) is 6.42. The van der Waals surface area contributed by atoms with Crippen molar-refractivity contribution < 1.29 is 9.59 Å². The molecular weight excluding hydrogens is 410 g/mol. The lowest BCUT2D eigenvalue weighted by atomic mass is 9.71. The number of carbonyl (C=O) groups excluding carboxylic acids is 2. The molecule has 5 heterocycles. The number of hydrogen-bond acceptors (Lipinski definition) is 5. The van der Waals surface area contributed by atoms with Gasteiger partial charge in [0.15, 0.2) is 0 Å². The minimum absolute atomic E-state index is 0.0905. The molecule has 0 N–H and O–H groups in total. The Balaban J connectivity index is 1.40. The van der Waals surface area contributed by atoms with Crippen LogP contribution in [0.4, 0.5) is 0 Å². The molecule has 8 heteroatoms. The van der Waals surface area contributed by atoms with Crippen molar-refractivity contribution in [2.75, 3.05) is 31.6 Å². The first-order chi connectivity index (χ1) is 15.0. The molecule has 0 saturated carbocycles. The maximum absolute atomic E-state index is 13.8. The lowest BCUT2D eigenvalue weighted by molar-refractivity contribution is -0.166. The Bertz CT molecular complexity index is 823. The van der Waals surface area contributed by atoms with Crippen LogP contribution in [-0.2, 0) is 23.2 Å². The quantitative estimate of drug-likeness (QED) is 0.709. The highest BCUT2D eigenvalue weighted by atomic mass is 32.2. The van der Waals surface area contributed by atoms with E-state index in [1.165, 1.54) is 24.3 Å². The summed E-state index contributed by atoms with van der Waals surface area (Å²) in [5.74, 6) is 4.41. The zero-order valence-corrected chi connectivity index (χ0v) is 19.6. The molecule has 0 radical (unpaired) electrons. The van der Waals surface area contributed by atoms with Crippen LogP contribution in [0.15, 0.2) is 12.4 Å². The van der Waals surface area contributed by atoms with Crippen LogP contribution in [0, 0.1) is 11.8 Å². The van der Waals surface area contributed by atoms with Crippen molar-refractivity contribution in [1.82, 2.24) is 24.3 Å². The zero-order valence-electron chi connectivity index (χ0n) is 18.8. The second-order valence-corrected chi connectivity index (χ2v) is 11.1. The summed E-state index contributed by atoms with van der Waals surface area (Å²) in [6.45, 7) is 2.53. The molecule has 0 aliphatic carbocycles. The average molecular weight is 446 g/mol. The van der Waals surface area contributed by atoms with Gasteiger partial charge in [-0.15, -0.1) is 0 Å². The molecular formula is C23H35N5O2S. The van der Waals surface area contributed by atoms with Crippen molar-refractivity contribution in [2.24, 2.45) is 18.9 Å². The Morgan fingerprint density at radius 1 is 1.23 bits per heavy atom. The first-order valence-electron chi connectivity index (χ1n) is 11.9. The van der Waals surface area contributed by atoms with Crippen LogP contribution >= 0.6 is 11.8 Å². The molecule has 0 spiro atoms. The normalized spacial score (nSPS) is 32.1. The maximum Gasteiger partial charge on any atom is 0.245 e. The maximum atomic E-state index is 13.8. The van der Waals surface area contributed by atoms with Gasteiger partial charge in [-0.2, -0.15) is 11.8 Å². The summed E-state index contributed by atoms with van der Waals surface area (Å²) in [7, 11) is 3.82. The van der Waals surface area contributed by atoms with Gasteiger partial charge >= 0.3 is 0 Å². The number of fused-ring (bicyclic) bond motifs is 4. The van der Waals surface area contributed by atoms with Gasteiger partial charge in [-0.25, -0.2) is 4.98 Å². The van der Waals surface area contributed by atoms with Crippen LogP contribution < -0.4 is 0 Å². The number of carbonyl (C=O) groups is 2. The number of hydrogen-bond donors (Lipinski definition) is 0. The molecule has 7 nitrogen and oxygen atoms in total. The lowest BCUT2D eigenvalue weighted by Gasteiger charge is -2.57. The number of piperidine rings is 3. The molecule has 4 atom stereocenters. The number of rotatable bonds is 4. The molecule has 4 saturated heterocycles. The third-order valence-corrected chi connectivity index (χ3v) is 9.05. The van der Waals surface area contributed by atoms with E-state index in [9.17, 15) is 9.59 Å². The summed E-state index contributed by atoms with van der Waals surface area (Å²) in [6, 6.07) is 0.562. The van der Waals surface area contributed by atoms with Gasteiger partial charge in [-0.3, -0.25) is 14.5 Å². The number of imidazole rings is 1. The molecule has 2 bridgehead atoms. The number of likely N-dealkylation sites (N-methyl/N-ethyl adjacent to an activating group) is 1. The Kier molecular flexibility index (Phi) is 6.03. The van der Waals surface area contributed by atoms with Crippen molar-refractivity contribution >= 4 is 23.6 Å². The van der Waals surface area contributed by atoms with E-state index in [4.69, 9.17) is 0 Å². The van der Waals surface area contributed by atoms with Crippen LogP contribution in [0.5, 0.6) is 0 Å². The number of nitrogens with zero attached hydrogens (tertiary/aromatic N) is 5. The van der Waals surface area contributed by atoms with Gasteiger partial charge in [0.25, 0.3) is 0 Å². The van der Waals surface area contributed by atoms with Crippen molar-refractivity contribution in [2.45, 2.75) is 63.2 Å². The Morgan fingerprint density at radius 2 is 2.00 bits per heavy atom. The van der Waals surface area contributed by atoms with E-state index in [1.54, 1.807) is 11.1 Å². The number of amides is 2. The Labute approximate surface area is 189 Å². The summed E-state index contributed by atoms with van der Waals surface area (Å²) in [4.78, 5) is 37.8. The highest BCUT2D eigenvalue weighted by Crippen LogP contribution is 2.43. The molecule has 2 amide bonds. The van der Waals surface area contributed by atoms with Crippen molar-refractivity contribution in [1.29, 1.82) is 0 Å². The largest absolute Gasteiger partial charge is 0.337 e. The molecule has 4 aliphatic rings. The lowest BCUT2D eigenvalue weighted by Crippen LogP contribution is -2.69. The zero-order chi connectivity index (χ0) is 21.5. The minimum atomic E-state index is -0.319. The monoisotopic (exact) mass is 445 g/mol. The molecule has 31 heavy (non-hydrogen) atoms. The molecule has 4 fully saturated rings. The molecule has 5 rings (SSSR count). The first-order valence-corrected chi connectivity index (χ1v) is 13.0. The topological polar surface area (TPSA) is 61.7 Å².